The molecule has 0 N–H and O–H groups in total. The topological polar surface area (TPSA) is 52.6 Å². The fourth-order valence-electron chi connectivity index (χ4n) is 2.82. The largest absolute Gasteiger partial charge is 0.423 e. The zero-order chi connectivity index (χ0) is 21.7. The summed E-state index contributed by atoms with van der Waals surface area (Å²) in [6, 6.07) is 17.2. The van der Waals surface area contributed by atoms with Gasteiger partial charge in [-0.05, 0) is 72.5 Å². The van der Waals surface area contributed by atoms with E-state index >= 15 is 0 Å². The van der Waals surface area contributed by atoms with E-state index in [1.807, 2.05) is 13.8 Å². The Balaban J connectivity index is 1.75. The minimum absolute atomic E-state index is 0.417. The number of carbonyl (C=O) groups is 2. The first kappa shape index (κ1) is 20.8. The lowest BCUT2D eigenvalue weighted by atomic mass is 10.1. The van der Waals surface area contributed by atoms with Crippen LogP contribution >= 0.6 is 0 Å². The van der Waals surface area contributed by atoms with Gasteiger partial charge in [-0.3, -0.25) is 0 Å². The molecule has 0 saturated heterocycles. The van der Waals surface area contributed by atoms with Gasteiger partial charge in [-0.25, -0.2) is 9.59 Å². The maximum absolute atomic E-state index is 12.4. The Morgan fingerprint density at radius 3 is 1.27 bits per heavy atom. The summed E-state index contributed by atoms with van der Waals surface area (Å²) in [7, 11) is 0. The summed E-state index contributed by atoms with van der Waals surface area (Å²) in [5.41, 5.74) is 4.16. The van der Waals surface area contributed by atoms with Crippen molar-refractivity contribution in [1.82, 2.24) is 0 Å². The highest BCUT2D eigenvalue weighted by Gasteiger charge is 2.16. The highest BCUT2D eigenvalue weighted by atomic mass is 16.5. The van der Waals surface area contributed by atoms with E-state index in [1.165, 1.54) is 0 Å². The van der Waals surface area contributed by atoms with Gasteiger partial charge in [0, 0.05) is 0 Å². The van der Waals surface area contributed by atoms with Gasteiger partial charge in [-0.2, -0.15) is 0 Å². The average molecular weight is 398 g/mol. The van der Waals surface area contributed by atoms with Crippen LogP contribution < -0.4 is 9.47 Å². The monoisotopic (exact) mass is 398 g/mol. The van der Waals surface area contributed by atoms with E-state index in [9.17, 15) is 9.59 Å². The molecular weight excluding hydrogens is 376 g/mol. The molecule has 0 radical (unpaired) electrons. The van der Waals surface area contributed by atoms with Gasteiger partial charge in [0.05, 0.1) is 11.1 Å². The molecule has 3 aromatic rings. The lowest BCUT2D eigenvalue weighted by molar-refractivity contribution is 0.0717. The molecule has 0 saturated carbocycles. The van der Waals surface area contributed by atoms with Gasteiger partial charge < -0.3 is 9.47 Å². The smallest absolute Gasteiger partial charge is 0.343 e. The lowest BCUT2D eigenvalue weighted by Gasteiger charge is -2.14. The maximum Gasteiger partial charge on any atom is 0.343 e. The molecule has 3 rings (SSSR count). The zero-order valence-electron chi connectivity index (χ0n) is 17.0. The fourth-order valence-corrected chi connectivity index (χ4v) is 2.82. The van der Waals surface area contributed by atoms with Crippen molar-refractivity contribution >= 4 is 24.1 Å². The molecule has 0 bridgehead atoms. The Morgan fingerprint density at radius 2 is 0.967 bits per heavy atom. The third-order valence-electron chi connectivity index (χ3n) is 4.86. The van der Waals surface area contributed by atoms with E-state index in [0.29, 0.717) is 22.6 Å². The molecule has 0 aliphatic carbocycles. The van der Waals surface area contributed by atoms with Gasteiger partial charge in [0.25, 0.3) is 0 Å². The van der Waals surface area contributed by atoms with Crippen molar-refractivity contribution in [3.8, 4) is 11.5 Å². The van der Waals surface area contributed by atoms with Gasteiger partial charge in [0.2, 0.25) is 0 Å². The third-order valence-corrected chi connectivity index (χ3v) is 4.86. The summed E-state index contributed by atoms with van der Waals surface area (Å²) in [5, 5.41) is 0. The molecule has 0 heterocycles. The molecule has 0 aromatic heterocycles. The Bertz CT molecular complexity index is 1020. The molecule has 0 spiro atoms. The van der Waals surface area contributed by atoms with Crippen LogP contribution in [0.15, 0.2) is 73.8 Å². The Morgan fingerprint density at radius 1 is 0.633 bits per heavy atom. The molecule has 4 heteroatoms. The van der Waals surface area contributed by atoms with Crippen molar-refractivity contribution in [1.29, 1.82) is 0 Å². The van der Waals surface area contributed by atoms with E-state index in [4.69, 9.17) is 9.47 Å². The van der Waals surface area contributed by atoms with Crippen LogP contribution in [0.1, 0.15) is 43.0 Å². The van der Waals surface area contributed by atoms with Gasteiger partial charge in [-0.1, -0.05) is 49.6 Å². The van der Waals surface area contributed by atoms with Crippen molar-refractivity contribution in [2.24, 2.45) is 0 Å². The van der Waals surface area contributed by atoms with Crippen molar-refractivity contribution in [2.75, 3.05) is 0 Å². The average Bonchev–Trinajstić information content (AvgIpc) is 2.78. The second-order valence-electron chi connectivity index (χ2n) is 6.74. The van der Waals surface area contributed by atoms with Crippen LogP contribution in [0.3, 0.4) is 0 Å². The number of hydrogen-bond acceptors (Lipinski definition) is 4. The SMILES string of the molecule is C=Cc1ccc(C(=O)Oc2ccc(OC(=O)c3ccc(C=C)cc3)c(C)c2C)cc1. The van der Waals surface area contributed by atoms with Crippen molar-refractivity contribution < 1.29 is 19.1 Å². The molecule has 3 aromatic carbocycles. The summed E-state index contributed by atoms with van der Waals surface area (Å²) >= 11 is 0. The first-order valence-corrected chi connectivity index (χ1v) is 9.42. The Hall–Kier alpha value is -3.92. The number of ether oxygens (including phenoxy) is 2. The minimum atomic E-state index is -0.458. The molecular formula is C26H22O4. The normalized spacial score (nSPS) is 10.2. The molecule has 0 aliphatic heterocycles. The highest BCUT2D eigenvalue weighted by Crippen LogP contribution is 2.30. The van der Waals surface area contributed by atoms with Crippen LogP contribution in [-0.2, 0) is 0 Å². The predicted molar refractivity (Wildman–Crippen MR) is 119 cm³/mol. The molecule has 0 atom stereocenters. The number of esters is 2. The second kappa shape index (κ2) is 9.05. The number of hydrogen-bond donors (Lipinski definition) is 0. The van der Waals surface area contributed by atoms with Crippen LogP contribution in [0.2, 0.25) is 0 Å². The summed E-state index contributed by atoms with van der Waals surface area (Å²) in [4.78, 5) is 24.9. The molecule has 0 fully saturated rings. The summed E-state index contributed by atoms with van der Waals surface area (Å²) < 4.78 is 11.1. The van der Waals surface area contributed by atoms with E-state index in [0.717, 1.165) is 22.3 Å². The Labute approximate surface area is 176 Å². The van der Waals surface area contributed by atoms with Crippen molar-refractivity contribution in [3.63, 3.8) is 0 Å². The quantitative estimate of drug-likeness (QED) is 0.376. The third kappa shape index (κ3) is 4.55. The number of carbonyl (C=O) groups excluding carboxylic acids is 2. The second-order valence-corrected chi connectivity index (χ2v) is 6.74. The van der Waals surface area contributed by atoms with Crippen LogP contribution in [-0.4, -0.2) is 11.9 Å². The zero-order valence-corrected chi connectivity index (χ0v) is 17.0. The van der Waals surface area contributed by atoms with E-state index in [1.54, 1.807) is 72.8 Å². The highest BCUT2D eigenvalue weighted by molar-refractivity contribution is 5.92. The van der Waals surface area contributed by atoms with E-state index < -0.39 is 11.9 Å². The molecule has 0 aliphatic rings. The molecule has 0 amide bonds. The lowest BCUT2D eigenvalue weighted by Crippen LogP contribution is -2.12. The van der Waals surface area contributed by atoms with Crippen LogP contribution in [0.25, 0.3) is 12.2 Å². The summed E-state index contributed by atoms with van der Waals surface area (Å²) in [5.74, 6) is -0.0822. The standard InChI is InChI=1S/C26H22O4/c1-5-19-7-11-21(12-8-19)25(27)29-23-15-16-24(18(4)17(23)3)30-26(28)22-13-9-20(6-2)10-14-22/h5-16H,1-2H2,3-4H3. The number of benzene rings is 3. The minimum Gasteiger partial charge on any atom is -0.423 e. The van der Waals surface area contributed by atoms with Crippen LogP contribution in [0.4, 0.5) is 0 Å². The van der Waals surface area contributed by atoms with Gasteiger partial charge >= 0.3 is 11.9 Å². The maximum atomic E-state index is 12.4. The summed E-state index contributed by atoms with van der Waals surface area (Å²) in [6.45, 7) is 11.0. The molecule has 4 nitrogen and oxygen atoms in total. The van der Waals surface area contributed by atoms with Crippen molar-refractivity contribution in [2.45, 2.75) is 13.8 Å². The van der Waals surface area contributed by atoms with Gasteiger partial charge in [0.15, 0.2) is 0 Å². The van der Waals surface area contributed by atoms with Crippen LogP contribution in [0, 0.1) is 13.8 Å². The van der Waals surface area contributed by atoms with Gasteiger partial charge in [0.1, 0.15) is 11.5 Å². The van der Waals surface area contributed by atoms with Crippen LogP contribution in [0.5, 0.6) is 11.5 Å². The van der Waals surface area contributed by atoms with E-state index in [-0.39, 0.29) is 0 Å². The number of rotatable bonds is 6. The van der Waals surface area contributed by atoms with Crippen molar-refractivity contribution in [3.05, 3.63) is 107 Å². The Kier molecular flexibility index (Phi) is 6.28. The molecule has 150 valence electrons. The summed E-state index contributed by atoms with van der Waals surface area (Å²) in [6.07, 6.45) is 3.41. The van der Waals surface area contributed by atoms with E-state index in [2.05, 4.69) is 13.2 Å². The molecule has 30 heavy (non-hydrogen) atoms. The van der Waals surface area contributed by atoms with Gasteiger partial charge in [-0.15, -0.1) is 0 Å². The first-order chi connectivity index (χ1) is 14.4. The fraction of sp³-hybridized carbons (Fsp3) is 0.0769. The molecule has 0 unspecified atom stereocenters. The predicted octanol–water partition coefficient (Wildman–Crippen LogP) is 6.03. The first-order valence-electron chi connectivity index (χ1n) is 9.42.